The van der Waals surface area contributed by atoms with Crippen LogP contribution in [0.25, 0.3) is 5.13 Å². The van der Waals surface area contributed by atoms with Crippen molar-refractivity contribution in [2.24, 2.45) is 5.92 Å². The van der Waals surface area contributed by atoms with Gasteiger partial charge in [-0.1, -0.05) is 24.3 Å². The van der Waals surface area contributed by atoms with Crippen molar-refractivity contribution in [2.45, 2.75) is 32.7 Å². The Labute approximate surface area is 188 Å². The van der Waals surface area contributed by atoms with Gasteiger partial charge < -0.3 is 19.7 Å². The molecule has 8 heteroatoms. The van der Waals surface area contributed by atoms with Gasteiger partial charge in [0.05, 0.1) is 14.2 Å². The molecule has 1 fully saturated rings. The van der Waals surface area contributed by atoms with Crippen LogP contribution in [0.15, 0.2) is 36.5 Å². The summed E-state index contributed by atoms with van der Waals surface area (Å²) in [7, 11) is 3.32. The predicted molar refractivity (Wildman–Crippen MR) is 125 cm³/mol. The molecule has 166 valence electrons. The molecule has 1 aliphatic heterocycles. The molecule has 4 rings (SSSR count). The minimum absolute atomic E-state index is 0.757. The van der Waals surface area contributed by atoms with Crippen LogP contribution in [-0.2, 0) is 13.0 Å². The summed E-state index contributed by atoms with van der Waals surface area (Å²) in [5.41, 5.74) is 2.40. The van der Waals surface area contributed by atoms with Crippen LogP contribution in [0.4, 0.5) is 5.13 Å². The Balaban J connectivity index is 1.32. The summed E-state index contributed by atoms with van der Waals surface area (Å²) in [6, 6.07) is 10.3. The molecule has 0 saturated carbocycles. The Morgan fingerprint density at radius 1 is 1.06 bits per heavy atom. The van der Waals surface area contributed by atoms with Crippen molar-refractivity contribution in [3.63, 3.8) is 0 Å². The van der Waals surface area contributed by atoms with Crippen LogP contribution >= 0.6 is 11.3 Å². The lowest BCUT2D eigenvalue weighted by molar-refractivity contribution is 0.354. The van der Waals surface area contributed by atoms with Gasteiger partial charge in [0.25, 0.3) is 0 Å². The number of aromatic nitrogens is 3. The van der Waals surface area contributed by atoms with Gasteiger partial charge in [-0.05, 0) is 61.6 Å². The summed E-state index contributed by atoms with van der Waals surface area (Å²) in [5.74, 6) is 2.33. The fraction of sp³-hybridized carbons (Fsp3) is 0.478. The van der Waals surface area contributed by atoms with Crippen molar-refractivity contribution in [3.05, 3.63) is 47.8 Å². The maximum absolute atomic E-state index is 5.39. The van der Waals surface area contributed by atoms with E-state index in [-0.39, 0.29) is 0 Å². The summed E-state index contributed by atoms with van der Waals surface area (Å²) in [5, 5.41) is 14.4. The maximum Gasteiger partial charge on any atom is 0.218 e. The highest BCUT2D eigenvalue weighted by Crippen LogP contribution is 2.29. The van der Waals surface area contributed by atoms with Crippen molar-refractivity contribution >= 4 is 16.5 Å². The second-order valence-corrected chi connectivity index (χ2v) is 8.96. The third-order valence-electron chi connectivity index (χ3n) is 5.84. The molecule has 31 heavy (non-hydrogen) atoms. The molecule has 3 aromatic rings. The highest BCUT2D eigenvalue weighted by Gasteiger charge is 2.20. The number of rotatable bonds is 9. The zero-order valence-electron chi connectivity index (χ0n) is 18.5. The van der Waals surface area contributed by atoms with E-state index in [4.69, 9.17) is 9.47 Å². The topological polar surface area (TPSA) is 64.4 Å². The fourth-order valence-corrected chi connectivity index (χ4v) is 4.78. The predicted octanol–water partition coefficient (Wildman–Crippen LogP) is 3.91. The van der Waals surface area contributed by atoms with Gasteiger partial charge in [-0.25, -0.2) is 0 Å². The monoisotopic (exact) mass is 441 g/mol. The van der Waals surface area contributed by atoms with E-state index in [1.165, 1.54) is 24.1 Å². The lowest BCUT2D eigenvalue weighted by atomic mass is 10.00. The first kappa shape index (κ1) is 21.6. The van der Waals surface area contributed by atoms with E-state index in [1.807, 2.05) is 12.1 Å². The van der Waals surface area contributed by atoms with E-state index in [0.717, 1.165) is 60.3 Å². The van der Waals surface area contributed by atoms with Crippen LogP contribution in [0.5, 0.6) is 11.5 Å². The van der Waals surface area contributed by atoms with Crippen LogP contribution in [0.2, 0.25) is 0 Å². The molecule has 0 unspecified atom stereocenters. The van der Waals surface area contributed by atoms with Gasteiger partial charge in [0.15, 0.2) is 11.5 Å². The van der Waals surface area contributed by atoms with Crippen LogP contribution in [0.3, 0.4) is 0 Å². The van der Waals surface area contributed by atoms with Crippen molar-refractivity contribution in [1.82, 2.24) is 20.1 Å². The Hall–Kier alpha value is -2.58. The van der Waals surface area contributed by atoms with Gasteiger partial charge in [-0.15, -0.1) is 10.2 Å². The number of hydrogen-bond donors (Lipinski definition) is 1. The molecule has 0 radical (unpaired) electrons. The van der Waals surface area contributed by atoms with Crippen molar-refractivity contribution in [1.29, 1.82) is 0 Å². The van der Waals surface area contributed by atoms with Gasteiger partial charge >= 0.3 is 0 Å². The molecule has 1 N–H and O–H groups in total. The first-order valence-electron chi connectivity index (χ1n) is 10.8. The molecule has 0 spiro atoms. The number of anilines is 1. The summed E-state index contributed by atoms with van der Waals surface area (Å²) in [6.45, 7) is 6.12. The molecular formula is C23H31N5O2S. The minimum Gasteiger partial charge on any atom is -0.493 e. The average Bonchev–Trinajstić information content (AvgIpc) is 3.46. The molecule has 2 aromatic heterocycles. The first-order chi connectivity index (χ1) is 15.2. The Kier molecular flexibility index (Phi) is 7.09. The van der Waals surface area contributed by atoms with Crippen LogP contribution in [0, 0.1) is 5.92 Å². The van der Waals surface area contributed by atoms with E-state index >= 15 is 0 Å². The maximum atomic E-state index is 5.39. The quantitative estimate of drug-likeness (QED) is 0.508. The largest absolute Gasteiger partial charge is 0.493 e. The normalized spacial score (nSPS) is 14.7. The van der Waals surface area contributed by atoms with E-state index < -0.39 is 0 Å². The highest BCUT2D eigenvalue weighted by molar-refractivity contribution is 7.17. The van der Waals surface area contributed by atoms with E-state index in [0.29, 0.717) is 0 Å². The van der Waals surface area contributed by atoms with Gasteiger partial charge in [-0.2, -0.15) is 0 Å². The molecule has 0 atom stereocenters. The van der Waals surface area contributed by atoms with E-state index in [1.54, 1.807) is 25.6 Å². The zero-order chi connectivity index (χ0) is 21.6. The van der Waals surface area contributed by atoms with E-state index in [2.05, 4.69) is 56.3 Å². The smallest absolute Gasteiger partial charge is 0.218 e. The number of piperidine rings is 1. The number of nitrogens with one attached hydrogen (secondary N) is 1. The molecule has 0 aliphatic carbocycles. The second kappa shape index (κ2) is 10.2. The molecule has 1 aromatic carbocycles. The standard InChI is InChI=1S/C23H31N5O2S/c1-17-9-13-27(14-10-17)22-25-26-23(31-22)28-12-4-5-19(28)16-24-11-8-18-6-7-20(29-2)21(15-18)30-3/h4-7,12,15,17,24H,8-11,13-14,16H2,1-3H3. The molecular weight excluding hydrogens is 410 g/mol. The number of ether oxygens (including phenoxy) is 2. The highest BCUT2D eigenvalue weighted by atomic mass is 32.1. The molecule has 3 heterocycles. The third kappa shape index (κ3) is 5.19. The van der Waals surface area contributed by atoms with Crippen LogP contribution in [-0.4, -0.2) is 48.6 Å². The molecule has 1 saturated heterocycles. The zero-order valence-corrected chi connectivity index (χ0v) is 19.3. The number of hydrogen-bond acceptors (Lipinski definition) is 7. The third-order valence-corrected chi connectivity index (χ3v) is 6.82. The molecule has 1 aliphatic rings. The summed E-state index contributed by atoms with van der Waals surface area (Å²) in [6.07, 6.45) is 5.44. The SMILES string of the molecule is COc1ccc(CCNCc2cccn2-c2nnc(N3CCC(C)CC3)s2)cc1OC. The first-order valence-corrected chi connectivity index (χ1v) is 11.7. The fourth-order valence-electron chi connectivity index (χ4n) is 3.87. The van der Waals surface area contributed by atoms with Crippen molar-refractivity contribution in [2.75, 3.05) is 38.8 Å². The number of benzene rings is 1. The van der Waals surface area contributed by atoms with Crippen molar-refractivity contribution in [3.8, 4) is 16.6 Å². The molecule has 0 bridgehead atoms. The van der Waals surface area contributed by atoms with Crippen molar-refractivity contribution < 1.29 is 9.47 Å². The summed E-state index contributed by atoms with van der Waals surface area (Å²) >= 11 is 1.67. The number of nitrogens with zero attached hydrogens (tertiary/aromatic N) is 4. The molecule has 0 amide bonds. The Morgan fingerprint density at radius 3 is 2.61 bits per heavy atom. The van der Waals surface area contributed by atoms with E-state index in [9.17, 15) is 0 Å². The summed E-state index contributed by atoms with van der Waals surface area (Å²) in [4.78, 5) is 2.37. The Bertz CT molecular complexity index is 978. The number of methoxy groups -OCH3 is 2. The van der Waals surface area contributed by atoms with Gasteiger partial charge in [-0.3, -0.25) is 4.57 Å². The van der Waals surface area contributed by atoms with Gasteiger partial charge in [0.1, 0.15) is 0 Å². The van der Waals surface area contributed by atoms with Crippen LogP contribution in [0.1, 0.15) is 31.0 Å². The Morgan fingerprint density at radius 2 is 1.84 bits per heavy atom. The lowest BCUT2D eigenvalue weighted by Gasteiger charge is -2.29. The van der Waals surface area contributed by atoms with Crippen LogP contribution < -0.4 is 19.7 Å². The molecule has 7 nitrogen and oxygen atoms in total. The van der Waals surface area contributed by atoms with Gasteiger partial charge in [0.2, 0.25) is 10.3 Å². The summed E-state index contributed by atoms with van der Waals surface area (Å²) < 4.78 is 12.8. The lowest BCUT2D eigenvalue weighted by Crippen LogP contribution is -2.32. The minimum atomic E-state index is 0.757. The van der Waals surface area contributed by atoms with Gasteiger partial charge in [0, 0.05) is 31.5 Å². The second-order valence-electron chi connectivity index (χ2n) is 8.02. The average molecular weight is 442 g/mol.